The van der Waals surface area contributed by atoms with Gasteiger partial charge >= 0.3 is 0 Å². The second-order valence-electron chi connectivity index (χ2n) is 13.6. The van der Waals surface area contributed by atoms with Crippen LogP contribution in [0.4, 0.5) is 10.2 Å². The van der Waals surface area contributed by atoms with E-state index in [9.17, 15) is 18.0 Å². The highest BCUT2D eigenvalue weighted by atomic mass is 32.2. The molecule has 2 aliphatic rings. The molecule has 6 rings (SSSR count). The zero-order valence-electron chi connectivity index (χ0n) is 30.9. The number of methoxy groups -OCH3 is 3. The first-order chi connectivity index (χ1) is 26.1. The summed E-state index contributed by atoms with van der Waals surface area (Å²) in [5.74, 6) is 0.535. The van der Waals surface area contributed by atoms with E-state index in [4.69, 9.17) is 19.2 Å². The fourth-order valence-electron chi connectivity index (χ4n) is 7.23. The first kappa shape index (κ1) is 38.7. The highest BCUT2D eigenvalue weighted by Gasteiger charge is 2.32. The molecule has 0 spiro atoms. The van der Waals surface area contributed by atoms with E-state index in [2.05, 4.69) is 15.2 Å². The molecule has 2 aromatic heterocycles. The molecular formula is C39H47FN6O7S. The van der Waals surface area contributed by atoms with E-state index in [0.717, 1.165) is 24.5 Å². The molecule has 54 heavy (non-hydrogen) atoms. The lowest BCUT2D eigenvalue weighted by atomic mass is 9.97. The Hall–Kier alpha value is -5.02. The summed E-state index contributed by atoms with van der Waals surface area (Å²) < 4.78 is 62.2. The summed E-state index contributed by atoms with van der Waals surface area (Å²) in [4.78, 5) is 39.3. The fraction of sp³-hybridized carbons (Fsp3) is 0.436. The number of pyridine rings is 2. The van der Waals surface area contributed by atoms with Crippen molar-refractivity contribution in [1.29, 1.82) is 0 Å². The standard InChI is InChI=1S/C39H47FN6O7S/c1-51-33-21-32-30(37(52-2)38(33)53-3)20-29-25-46(54(49,50)34-13-5-4-12-31(34)40)19-7-6-17-44(36(48)15-14-27-10-8-16-41-22-27)26-35(47)42-23-28-11-9-18-45(24-28)39(29)43-32/h4-5,8,10,12-13,16,20-22,28H,6-7,9,11,14-15,17-19,23-26H2,1-3H3,(H,42,47). The number of hydrogen-bond donors (Lipinski definition) is 1. The van der Waals surface area contributed by atoms with Gasteiger partial charge in [-0.1, -0.05) is 18.2 Å². The zero-order chi connectivity index (χ0) is 38.2. The minimum Gasteiger partial charge on any atom is -0.493 e. The molecule has 2 amide bonds. The molecule has 13 nitrogen and oxygen atoms in total. The first-order valence-corrected chi connectivity index (χ1v) is 19.6. The third-order valence-electron chi connectivity index (χ3n) is 10.0. The van der Waals surface area contributed by atoms with Crippen LogP contribution in [0.5, 0.6) is 17.2 Å². The summed E-state index contributed by atoms with van der Waals surface area (Å²) >= 11 is 0. The summed E-state index contributed by atoms with van der Waals surface area (Å²) in [6.07, 6.45) is 6.46. The molecular weight excluding hydrogens is 716 g/mol. The minimum absolute atomic E-state index is 0.0176. The van der Waals surface area contributed by atoms with Gasteiger partial charge in [0.15, 0.2) is 11.5 Å². The van der Waals surface area contributed by atoms with Gasteiger partial charge in [-0.05, 0) is 67.9 Å². The monoisotopic (exact) mass is 762 g/mol. The maximum absolute atomic E-state index is 15.2. The van der Waals surface area contributed by atoms with Crippen molar-refractivity contribution in [3.05, 3.63) is 77.9 Å². The molecule has 15 heteroatoms. The van der Waals surface area contributed by atoms with Crippen molar-refractivity contribution in [2.75, 3.05) is 65.5 Å². The number of rotatable bonds is 8. The van der Waals surface area contributed by atoms with Gasteiger partial charge in [0.1, 0.15) is 16.5 Å². The molecule has 1 N–H and O–H groups in total. The van der Waals surface area contributed by atoms with Crippen molar-refractivity contribution >= 4 is 38.6 Å². The number of aryl methyl sites for hydroxylation is 1. The van der Waals surface area contributed by atoms with Gasteiger partial charge in [0.25, 0.3) is 0 Å². The fourth-order valence-corrected chi connectivity index (χ4v) is 8.75. The normalized spacial score (nSPS) is 17.8. The second-order valence-corrected chi connectivity index (χ2v) is 15.5. The highest BCUT2D eigenvalue weighted by molar-refractivity contribution is 7.89. The van der Waals surface area contributed by atoms with E-state index in [1.54, 1.807) is 23.4 Å². The molecule has 288 valence electrons. The lowest BCUT2D eigenvalue weighted by molar-refractivity contribution is -0.136. The number of amides is 2. The van der Waals surface area contributed by atoms with Gasteiger partial charge in [-0.3, -0.25) is 14.6 Å². The smallest absolute Gasteiger partial charge is 0.246 e. The number of nitrogens with one attached hydrogen (secondary N) is 1. The number of carbonyl (C=O) groups excluding carboxylic acids is 2. The lowest BCUT2D eigenvalue weighted by Crippen LogP contribution is -2.45. The quantitative estimate of drug-likeness (QED) is 0.271. The van der Waals surface area contributed by atoms with Crippen LogP contribution in [0.15, 0.2) is 65.8 Å². The number of aromatic nitrogens is 2. The molecule has 1 unspecified atom stereocenters. The van der Waals surface area contributed by atoms with Crippen molar-refractivity contribution in [3.63, 3.8) is 0 Å². The Labute approximate surface area is 315 Å². The Bertz CT molecular complexity index is 2070. The topological polar surface area (TPSA) is 144 Å². The summed E-state index contributed by atoms with van der Waals surface area (Å²) in [5, 5.41) is 3.66. The molecule has 2 aromatic carbocycles. The number of halogens is 1. The van der Waals surface area contributed by atoms with Crippen LogP contribution in [-0.2, 0) is 32.6 Å². The third-order valence-corrected chi connectivity index (χ3v) is 11.9. The predicted molar refractivity (Wildman–Crippen MR) is 202 cm³/mol. The highest BCUT2D eigenvalue weighted by Crippen LogP contribution is 2.44. The SMILES string of the molecule is COc1cc2nc3c(cc2c(OC)c1OC)CN(S(=O)(=O)c1ccccc1F)CCCCN(C(=O)CCc1cccnc1)CC(=O)NCC1CCCN3C1. The number of ether oxygens (including phenoxy) is 3. The van der Waals surface area contributed by atoms with Gasteiger partial charge < -0.3 is 29.3 Å². The Kier molecular flexibility index (Phi) is 12.5. The Morgan fingerprint density at radius 1 is 0.963 bits per heavy atom. The van der Waals surface area contributed by atoms with Crippen molar-refractivity contribution in [2.24, 2.45) is 5.92 Å². The molecule has 0 saturated carbocycles. The number of sulfonamides is 1. The summed E-state index contributed by atoms with van der Waals surface area (Å²) in [6.45, 7) is 1.64. The number of hydrogen-bond acceptors (Lipinski definition) is 10. The number of carbonyl (C=O) groups is 2. The van der Waals surface area contributed by atoms with Crippen LogP contribution in [-0.4, -0.2) is 100 Å². The number of fused-ring (bicyclic) bond motifs is 5. The van der Waals surface area contributed by atoms with Gasteiger partial charge in [-0.15, -0.1) is 0 Å². The van der Waals surface area contributed by atoms with E-state index in [0.29, 0.717) is 78.4 Å². The average molecular weight is 763 g/mol. The van der Waals surface area contributed by atoms with Gasteiger partial charge in [-0.25, -0.2) is 17.8 Å². The Morgan fingerprint density at radius 2 is 1.76 bits per heavy atom. The third kappa shape index (κ3) is 8.68. The predicted octanol–water partition coefficient (Wildman–Crippen LogP) is 4.57. The van der Waals surface area contributed by atoms with E-state index < -0.39 is 20.7 Å². The number of piperidine rings is 1. The largest absolute Gasteiger partial charge is 0.493 e. The van der Waals surface area contributed by atoms with E-state index in [1.807, 2.05) is 18.2 Å². The molecule has 2 aliphatic heterocycles. The molecule has 4 aromatic rings. The Morgan fingerprint density at radius 3 is 2.50 bits per heavy atom. The average Bonchev–Trinajstić information content (AvgIpc) is 3.18. The zero-order valence-corrected chi connectivity index (χ0v) is 31.7. The van der Waals surface area contributed by atoms with Crippen LogP contribution in [0.25, 0.3) is 10.9 Å². The van der Waals surface area contributed by atoms with E-state index in [1.165, 1.54) is 43.8 Å². The van der Waals surface area contributed by atoms with Gasteiger partial charge in [0.2, 0.25) is 27.6 Å². The van der Waals surface area contributed by atoms with E-state index >= 15 is 4.39 Å². The second kappa shape index (κ2) is 17.4. The molecule has 0 aliphatic carbocycles. The van der Waals surface area contributed by atoms with Crippen molar-refractivity contribution in [2.45, 2.75) is 50.0 Å². The molecule has 0 radical (unpaired) electrons. The number of benzene rings is 2. The summed E-state index contributed by atoms with van der Waals surface area (Å²) in [5.41, 5.74) is 2.07. The van der Waals surface area contributed by atoms with Crippen molar-refractivity contribution < 1.29 is 36.6 Å². The first-order valence-electron chi connectivity index (χ1n) is 18.2. The lowest BCUT2D eigenvalue weighted by Gasteiger charge is -2.36. The van der Waals surface area contributed by atoms with Crippen LogP contribution < -0.4 is 24.4 Å². The number of anilines is 1. The van der Waals surface area contributed by atoms with Gasteiger partial charge in [0, 0.05) is 75.1 Å². The minimum atomic E-state index is -4.36. The number of nitrogens with zero attached hydrogens (tertiary/aromatic N) is 5. The Balaban J connectivity index is 1.40. The van der Waals surface area contributed by atoms with Crippen LogP contribution in [0.3, 0.4) is 0 Å². The molecule has 1 atom stereocenters. The molecule has 2 bridgehead atoms. The van der Waals surface area contributed by atoms with Crippen LogP contribution in [0, 0.1) is 11.7 Å². The van der Waals surface area contributed by atoms with Crippen molar-refractivity contribution in [3.8, 4) is 17.2 Å². The van der Waals surface area contributed by atoms with Crippen LogP contribution >= 0.6 is 0 Å². The summed E-state index contributed by atoms with van der Waals surface area (Å²) in [7, 11) is 0.190. The molecule has 4 heterocycles. The van der Waals surface area contributed by atoms with Crippen molar-refractivity contribution in [1.82, 2.24) is 24.5 Å². The summed E-state index contributed by atoms with van der Waals surface area (Å²) in [6, 6.07) is 12.7. The van der Waals surface area contributed by atoms with Gasteiger partial charge in [-0.2, -0.15) is 4.31 Å². The van der Waals surface area contributed by atoms with Crippen LogP contribution in [0.2, 0.25) is 0 Å². The van der Waals surface area contributed by atoms with Crippen LogP contribution in [0.1, 0.15) is 43.2 Å². The maximum Gasteiger partial charge on any atom is 0.246 e. The van der Waals surface area contributed by atoms with Gasteiger partial charge in [0.05, 0.1) is 33.4 Å². The molecule has 1 saturated heterocycles. The molecule has 1 fully saturated rings. The maximum atomic E-state index is 15.2. The van der Waals surface area contributed by atoms with E-state index in [-0.39, 0.29) is 50.3 Å².